The Morgan fingerprint density at radius 3 is 3.06 bits per heavy atom. The van der Waals surface area contributed by atoms with Gasteiger partial charge in [0.15, 0.2) is 0 Å². The van der Waals surface area contributed by atoms with Crippen LogP contribution >= 0.6 is 0 Å². The molecule has 1 N–H and O–H groups in total. The first-order valence-corrected chi connectivity index (χ1v) is 6.29. The molecule has 2 heterocycles. The van der Waals surface area contributed by atoms with Crippen molar-refractivity contribution in [2.75, 3.05) is 13.2 Å². The number of hydrogen-bond donors (Lipinski definition) is 1. The van der Waals surface area contributed by atoms with Crippen molar-refractivity contribution < 1.29 is 9.15 Å². The van der Waals surface area contributed by atoms with E-state index in [-0.39, 0.29) is 0 Å². The van der Waals surface area contributed by atoms with E-state index < -0.39 is 0 Å². The molecule has 1 aliphatic heterocycles. The molecule has 0 aromatic carbocycles. The summed E-state index contributed by atoms with van der Waals surface area (Å²) in [5, 5.41) is 3.56. The van der Waals surface area contributed by atoms with Gasteiger partial charge in [0.1, 0.15) is 0 Å². The molecule has 0 amide bonds. The van der Waals surface area contributed by atoms with Gasteiger partial charge in [0.05, 0.1) is 24.7 Å². The summed E-state index contributed by atoms with van der Waals surface area (Å²) in [6.07, 6.45) is 8.62. The molecule has 16 heavy (non-hydrogen) atoms. The molecular weight excluding hydrogens is 202 g/mol. The van der Waals surface area contributed by atoms with Crippen LogP contribution in [0.15, 0.2) is 23.0 Å². The van der Waals surface area contributed by atoms with Crippen LogP contribution in [-0.2, 0) is 4.74 Å². The fourth-order valence-corrected chi connectivity index (χ4v) is 2.24. The summed E-state index contributed by atoms with van der Waals surface area (Å²) in [4.78, 5) is 0. The van der Waals surface area contributed by atoms with Crippen molar-refractivity contribution in [3.05, 3.63) is 24.2 Å². The van der Waals surface area contributed by atoms with Crippen LogP contribution in [0.1, 0.15) is 44.2 Å². The second-order valence-corrected chi connectivity index (χ2v) is 4.39. The Balaban J connectivity index is 2.01. The van der Waals surface area contributed by atoms with Crippen molar-refractivity contribution in [2.24, 2.45) is 0 Å². The summed E-state index contributed by atoms with van der Waals surface area (Å²) < 4.78 is 11.0. The van der Waals surface area contributed by atoms with Crippen molar-refractivity contribution in [3.63, 3.8) is 0 Å². The monoisotopic (exact) mass is 223 g/mol. The number of furan rings is 1. The zero-order valence-electron chi connectivity index (χ0n) is 9.95. The molecule has 0 radical (unpaired) electrons. The van der Waals surface area contributed by atoms with E-state index in [1.54, 1.807) is 6.26 Å². The smallest absolute Gasteiger partial charge is 0.0951 e. The number of ether oxygens (including phenoxy) is 1. The van der Waals surface area contributed by atoms with Gasteiger partial charge < -0.3 is 14.5 Å². The lowest BCUT2D eigenvalue weighted by molar-refractivity contribution is -0.00826. The van der Waals surface area contributed by atoms with Crippen LogP contribution in [0.25, 0.3) is 0 Å². The Hall–Kier alpha value is -0.800. The minimum Gasteiger partial charge on any atom is -0.472 e. The normalized spacial score (nSPS) is 23.2. The maximum atomic E-state index is 5.86. The van der Waals surface area contributed by atoms with Crippen LogP contribution in [0.4, 0.5) is 0 Å². The van der Waals surface area contributed by atoms with Crippen molar-refractivity contribution in [3.8, 4) is 0 Å². The van der Waals surface area contributed by atoms with Crippen LogP contribution in [-0.4, -0.2) is 19.3 Å². The van der Waals surface area contributed by atoms with Crippen LogP contribution in [0.2, 0.25) is 0 Å². The Kier molecular flexibility index (Phi) is 4.43. The van der Waals surface area contributed by atoms with Crippen molar-refractivity contribution in [1.82, 2.24) is 5.32 Å². The first-order valence-electron chi connectivity index (χ1n) is 6.29. The highest BCUT2D eigenvalue weighted by molar-refractivity contribution is 5.13. The van der Waals surface area contributed by atoms with E-state index in [1.807, 2.05) is 12.3 Å². The number of nitrogens with one attached hydrogen (secondary N) is 1. The van der Waals surface area contributed by atoms with Crippen molar-refractivity contribution in [1.29, 1.82) is 0 Å². The highest BCUT2D eigenvalue weighted by Crippen LogP contribution is 2.26. The van der Waals surface area contributed by atoms with Gasteiger partial charge >= 0.3 is 0 Å². The van der Waals surface area contributed by atoms with Gasteiger partial charge in [-0.2, -0.15) is 0 Å². The van der Waals surface area contributed by atoms with Gasteiger partial charge in [-0.05, 0) is 38.3 Å². The maximum Gasteiger partial charge on any atom is 0.0951 e. The summed E-state index contributed by atoms with van der Waals surface area (Å²) >= 11 is 0. The molecule has 0 saturated carbocycles. The predicted molar refractivity (Wildman–Crippen MR) is 63.3 cm³/mol. The van der Waals surface area contributed by atoms with E-state index in [0.29, 0.717) is 12.1 Å². The molecule has 1 aromatic heterocycles. The lowest BCUT2D eigenvalue weighted by atomic mass is 9.97. The fourth-order valence-electron chi connectivity index (χ4n) is 2.24. The molecule has 0 spiro atoms. The Labute approximate surface area is 97.2 Å². The largest absolute Gasteiger partial charge is 0.472 e. The average molecular weight is 223 g/mol. The van der Waals surface area contributed by atoms with Crippen molar-refractivity contribution >= 4 is 0 Å². The topological polar surface area (TPSA) is 34.4 Å². The second-order valence-electron chi connectivity index (χ2n) is 4.39. The Morgan fingerprint density at radius 1 is 1.50 bits per heavy atom. The van der Waals surface area contributed by atoms with E-state index in [0.717, 1.165) is 26.0 Å². The third-order valence-corrected chi connectivity index (χ3v) is 3.10. The van der Waals surface area contributed by atoms with Crippen LogP contribution in [0.3, 0.4) is 0 Å². The first-order chi connectivity index (χ1) is 7.92. The summed E-state index contributed by atoms with van der Waals surface area (Å²) in [6, 6.07) is 2.32. The summed E-state index contributed by atoms with van der Waals surface area (Å²) in [7, 11) is 0. The third kappa shape index (κ3) is 2.86. The summed E-state index contributed by atoms with van der Waals surface area (Å²) in [5.74, 6) is 0. The molecule has 1 fully saturated rings. The molecule has 0 bridgehead atoms. The fraction of sp³-hybridized carbons (Fsp3) is 0.692. The molecule has 0 aliphatic carbocycles. The van der Waals surface area contributed by atoms with Gasteiger partial charge in [-0.15, -0.1) is 0 Å². The van der Waals surface area contributed by atoms with Crippen LogP contribution in [0, 0.1) is 0 Å². The minimum atomic E-state index is 0.291. The predicted octanol–water partition coefficient (Wildman–Crippen LogP) is 2.89. The van der Waals surface area contributed by atoms with Crippen LogP contribution in [0.5, 0.6) is 0 Å². The molecule has 2 atom stereocenters. The van der Waals surface area contributed by atoms with E-state index in [2.05, 4.69) is 12.2 Å². The molecule has 3 heteroatoms. The number of rotatable bonds is 5. The summed E-state index contributed by atoms with van der Waals surface area (Å²) in [6.45, 7) is 4.10. The molecule has 1 aliphatic rings. The molecule has 3 nitrogen and oxygen atoms in total. The lowest BCUT2D eigenvalue weighted by Crippen LogP contribution is -2.36. The molecule has 90 valence electrons. The van der Waals surface area contributed by atoms with Gasteiger partial charge in [-0.3, -0.25) is 0 Å². The molecule has 1 saturated heterocycles. The zero-order valence-corrected chi connectivity index (χ0v) is 9.95. The lowest BCUT2D eigenvalue weighted by Gasteiger charge is -2.30. The third-order valence-electron chi connectivity index (χ3n) is 3.10. The molecule has 2 rings (SSSR count). The number of hydrogen-bond acceptors (Lipinski definition) is 3. The zero-order chi connectivity index (χ0) is 11.2. The van der Waals surface area contributed by atoms with Crippen molar-refractivity contribution in [2.45, 2.75) is 44.8 Å². The van der Waals surface area contributed by atoms with Gasteiger partial charge in [0.25, 0.3) is 0 Å². The van der Waals surface area contributed by atoms with Gasteiger partial charge in [-0.1, -0.05) is 6.92 Å². The molecule has 2 unspecified atom stereocenters. The van der Waals surface area contributed by atoms with E-state index in [9.17, 15) is 0 Å². The van der Waals surface area contributed by atoms with E-state index in [1.165, 1.54) is 18.4 Å². The van der Waals surface area contributed by atoms with Gasteiger partial charge in [-0.25, -0.2) is 0 Å². The van der Waals surface area contributed by atoms with Gasteiger partial charge in [0.2, 0.25) is 0 Å². The second kappa shape index (κ2) is 6.06. The standard InChI is InChI=1S/C13H21NO2/c1-2-7-14-13(11-6-9-15-10-11)12-5-3-4-8-16-12/h6,9-10,12-14H,2-5,7-8H2,1H3. The van der Waals surface area contributed by atoms with Crippen LogP contribution < -0.4 is 5.32 Å². The minimum absolute atomic E-state index is 0.291. The highest BCUT2D eigenvalue weighted by atomic mass is 16.5. The summed E-state index contributed by atoms with van der Waals surface area (Å²) in [5.41, 5.74) is 1.21. The van der Waals surface area contributed by atoms with E-state index in [4.69, 9.17) is 9.15 Å². The first kappa shape index (κ1) is 11.7. The quantitative estimate of drug-likeness (QED) is 0.833. The molecular formula is C13H21NO2. The Bertz CT molecular complexity index is 278. The average Bonchev–Trinajstić information content (AvgIpc) is 2.85. The Morgan fingerprint density at radius 2 is 2.44 bits per heavy atom. The van der Waals surface area contributed by atoms with E-state index >= 15 is 0 Å². The van der Waals surface area contributed by atoms with Gasteiger partial charge in [0, 0.05) is 12.2 Å². The maximum absolute atomic E-state index is 5.86. The SMILES string of the molecule is CCCNC(c1ccoc1)C1CCCCO1. The highest BCUT2D eigenvalue weighted by Gasteiger charge is 2.25. The molecule has 1 aromatic rings.